The Morgan fingerprint density at radius 1 is 0.667 bits per heavy atom. The number of nitrogens with zero attached hydrogens (tertiary/aromatic N) is 8. The fourth-order valence-corrected chi connectivity index (χ4v) is 8.43. The van der Waals surface area contributed by atoms with Gasteiger partial charge in [-0.1, -0.05) is 24.3 Å². The maximum atomic E-state index is 14.0. The van der Waals surface area contributed by atoms with Crippen LogP contribution in [0, 0.1) is 22.7 Å². The molecule has 0 radical (unpaired) electrons. The Bertz CT molecular complexity index is 2740. The second-order valence-electron chi connectivity index (χ2n) is 15.7. The molecule has 2 aromatic heterocycles. The minimum absolute atomic E-state index is 0.0525. The molecule has 8 rings (SSSR count). The predicted octanol–water partition coefficient (Wildman–Crippen LogP) is 5.93. The standard InChI is InChI=1S/C45H37F6N11O4/c46-44(47,48)28-5-1-7-32(18-28)61-35-24-59(40(63)37(35)34(57-42(61)65)17-26-9-11-30(20-52)55-22-26)15-3-13-54-14-4-16-60-25-36-38(41(60)64)39(27-10-12-31(21-53)56-23-27)58-43(66)62(36)33-8-2-6-29(19-33)45(49,50)51/h1-2,5-12,18-19,22-23,34,39,54H,3-4,13-17,24-25H2,(H,57,65)(H,58,66). The molecule has 4 aromatic rings. The highest BCUT2D eigenvalue weighted by Gasteiger charge is 2.46. The molecule has 21 heteroatoms. The Hall–Kier alpha value is -7.78. The number of carbonyl (C=O) groups is 4. The summed E-state index contributed by atoms with van der Waals surface area (Å²) in [7, 11) is 0. The molecule has 6 heterocycles. The summed E-state index contributed by atoms with van der Waals surface area (Å²) in [6, 6.07) is 15.2. The fourth-order valence-electron chi connectivity index (χ4n) is 8.43. The minimum atomic E-state index is -4.69. The number of nitriles is 2. The fraction of sp³-hybridized carbons (Fsp3) is 0.289. The molecule has 0 fully saturated rings. The summed E-state index contributed by atoms with van der Waals surface area (Å²) in [5.41, 5.74) is 0.0174. The first-order valence-corrected chi connectivity index (χ1v) is 20.6. The SMILES string of the molecule is N#Cc1ccc(CC2NC(=O)N(c3cccc(C(F)(F)F)c3)C3=C2C(=O)N(CCCNCCCN2CC4=C(C2=O)C(c2ccc(C#N)nc2)NC(=O)N4c2cccc(C(F)(F)F)c2)C3)cn1. The lowest BCUT2D eigenvalue weighted by molar-refractivity contribution is -0.138. The van der Waals surface area contributed by atoms with Crippen LogP contribution < -0.4 is 25.8 Å². The Kier molecular flexibility index (Phi) is 12.2. The second-order valence-corrected chi connectivity index (χ2v) is 15.7. The number of pyridine rings is 2. The molecule has 4 aliphatic heterocycles. The summed E-state index contributed by atoms with van der Waals surface area (Å²) < 4.78 is 82.3. The molecule has 0 saturated carbocycles. The van der Waals surface area contributed by atoms with Crippen molar-refractivity contribution in [2.24, 2.45) is 0 Å². The van der Waals surface area contributed by atoms with E-state index >= 15 is 0 Å². The summed E-state index contributed by atoms with van der Waals surface area (Å²) in [6.45, 7) is 1.09. The van der Waals surface area contributed by atoms with Gasteiger partial charge in [-0.2, -0.15) is 36.9 Å². The van der Waals surface area contributed by atoms with Crippen molar-refractivity contribution in [2.45, 2.75) is 43.7 Å². The third-order valence-corrected chi connectivity index (χ3v) is 11.5. The Labute approximate surface area is 372 Å². The van der Waals surface area contributed by atoms with Crippen molar-refractivity contribution >= 4 is 35.3 Å². The number of anilines is 2. The van der Waals surface area contributed by atoms with Crippen LogP contribution in [0.5, 0.6) is 0 Å². The van der Waals surface area contributed by atoms with Gasteiger partial charge in [0, 0.05) is 25.5 Å². The van der Waals surface area contributed by atoms with E-state index in [2.05, 4.69) is 25.9 Å². The summed E-state index contributed by atoms with van der Waals surface area (Å²) in [5.74, 6) is -0.846. The van der Waals surface area contributed by atoms with E-state index in [1.807, 2.05) is 12.1 Å². The quantitative estimate of drug-likeness (QED) is 0.108. The van der Waals surface area contributed by atoms with Crippen LogP contribution >= 0.6 is 0 Å². The second kappa shape index (κ2) is 18.0. The molecule has 15 nitrogen and oxygen atoms in total. The van der Waals surface area contributed by atoms with Gasteiger partial charge in [-0.3, -0.25) is 19.4 Å². The number of halogens is 6. The molecule has 4 aliphatic rings. The third-order valence-electron chi connectivity index (χ3n) is 11.5. The van der Waals surface area contributed by atoms with Crippen molar-refractivity contribution in [2.75, 3.05) is 49.1 Å². The first-order valence-electron chi connectivity index (χ1n) is 20.6. The average molecular weight is 910 g/mol. The van der Waals surface area contributed by atoms with Gasteiger partial charge in [-0.05, 0) is 92.0 Å². The number of carbonyl (C=O) groups excluding carboxylic acids is 4. The molecule has 66 heavy (non-hydrogen) atoms. The zero-order valence-corrected chi connectivity index (χ0v) is 34.6. The monoisotopic (exact) mass is 909 g/mol. The lowest BCUT2D eigenvalue weighted by Crippen LogP contribution is -2.52. The molecular formula is C45H37F6N11O4. The summed E-state index contributed by atoms with van der Waals surface area (Å²) in [4.78, 5) is 68.6. The smallest absolute Gasteiger partial charge is 0.333 e. The van der Waals surface area contributed by atoms with Gasteiger partial charge in [0.25, 0.3) is 11.8 Å². The largest absolute Gasteiger partial charge is 0.416 e. The van der Waals surface area contributed by atoms with E-state index in [0.717, 1.165) is 34.1 Å². The van der Waals surface area contributed by atoms with Crippen molar-refractivity contribution < 1.29 is 45.5 Å². The van der Waals surface area contributed by atoms with Gasteiger partial charge < -0.3 is 25.8 Å². The van der Waals surface area contributed by atoms with Crippen LogP contribution in [-0.2, 0) is 28.4 Å². The van der Waals surface area contributed by atoms with E-state index in [0.29, 0.717) is 37.1 Å². The van der Waals surface area contributed by atoms with Gasteiger partial charge in [-0.15, -0.1) is 0 Å². The van der Waals surface area contributed by atoms with Gasteiger partial charge in [-0.25, -0.2) is 19.6 Å². The lowest BCUT2D eigenvalue weighted by atomic mass is 9.96. The van der Waals surface area contributed by atoms with Gasteiger partial charge >= 0.3 is 24.4 Å². The zero-order valence-electron chi connectivity index (χ0n) is 34.6. The number of alkyl halides is 6. The van der Waals surface area contributed by atoms with Crippen molar-refractivity contribution in [3.05, 3.63) is 141 Å². The lowest BCUT2D eigenvalue weighted by Gasteiger charge is -2.33. The average Bonchev–Trinajstić information content (AvgIpc) is 3.80. The number of rotatable bonds is 13. The first kappa shape index (κ1) is 44.8. The third kappa shape index (κ3) is 8.97. The molecule has 6 amide bonds. The molecule has 0 spiro atoms. The first-order chi connectivity index (χ1) is 31.5. The van der Waals surface area contributed by atoms with Crippen molar-refractivity contribution in [1.82, 2.24) is 35.7 Å². The molecule has 2 unspecified atom stereocenters. The molecule has 0 saturated heterocycles. The van der Waals surface area contributed by atoms with Gasteiger partial charge in [0.15, 0.2) is 0 Å². The molecule has 338 valence electrons. The summed E-state index contributed by atoms with van der Waals surface area (Å²) in [6.07, 6.45) is -5.59. The number of aromatic nitrogens is 2. The number of benzene rings is 2. The molecular weight excluding hydrogens is 873 g/mol. The highest BCUT2D eigenvalue weighted by Crippen LogP contribution is 2.41. The van der Waals surface area contributed by atoms with Crippen LogP contribution in [0.4, 0.5) is 47.3 Å². The minimum Gasteiger partial charge on any atom is -0.333 e. The maximum absolute atomic E-state index is 14.0. The van der Waals surface area contributed by atoms with Crippen LogP contribution in [0.1, 0.15) is 52.5 Å². The van der Waals surface area contributed by atoms with Crippen molar-refractivity contribution in [3.8, 4) is 12.1 Å². The number of hydrogen-bond acceptors (Lipinski definition) is 9. The number of hydrogen-bond donors (Lipinski definition) is 3. The van der Waals surface area contributed by atoms with Crippen LogP contribution in [-0.4, -0.2) is 89.0 Å². The van der Waals surface area contributed by atoms with E-state index in [9.17, 15) is 50.8 Å². The number of amides is 6. The summed E-state index contributed by atoms with van der Waals surface area (Å²) >= 11 is 0. The highest BCUT2D eigenvalue weighted by molar-refractivity contribution is 6.08. The molecule has 3 N–H and O–H groups in total. The summed E-state index contributed by atoms with van der Waals surface area (Å²) in [5, 5.41) is 27.2. The Morgan fingerprint density at radius 3 is 1.68 bits per heavy atom. The zero-order chi connectivity index (χ0) is 46.9. The van der Waals surface area contributed by atoms with Gasteiger partial charge in [0.1, 0.15) is 23.5 Å². The van der Waals surface area contributed by atoms with Crippen LogP contribution in [0.25, 0.3) is 0 Å². The van der Waals surface area contributed by atoms with Crippen LogP contribution in [0.3, 0.4) is 0 Å². The maximum Gasteiger partial charge on any atom is 0.416 e. The van der Waals surface area contributed by atoms with E-state index in [1.54, 1.807) is 6.07 Å². The van der Waals surface area contributed by atoms with Crippen molar-refractivity contribution in [3.63, 3.8) is 0 Å². The number of nitrogens with one attached hydrogen (secondary N) is 3. The molecule has 0 bridgehead atoms. The van der Waals surface area contributed by atoms with E-state index in [4.69, 9.17) is 5.26 Å². The van der Waals surface area contributed by atoms with E-state index in [1.165, 1.54) is 64.7 Å². The van der Waals surface area contributed by atoms with Gasteiger partial charge in [0.05, 0.1) is 70.2 Å². The molecule has 0 aliphatic carbocycles. The van der Waals surface area contributed by atoms with E-state index in [-0.39, 0.29) is 77.9 Å². The molecule has 2 atom stereocenters. The van der Waals surface area contributed by atoms with Crippen LogP contribution in [0.15, 0.2) is 108 Å². The highest BCUT2D eigenvalue weighted by atomic mass is 19.4. The topological polar surface area (TPSA) is 191 Å². The Balaban J connectivity index is 0.912. The molecule has 2 aromatic carbocycles. The van der Waals surface area contributed by atoms with Gasteiger partial charge in [0.2, 0.25) is 0 Å². The van der Waals surface area contributed by atoms with Crippen molar-refractivity contribution in [1.29, 1.82) is 10.5 Å². The Morgan fingerprint density at radius 2 is 1.18 bits per heavy atom. The predicted molar refractivity (Wildman–Crippen MR) is 222 cm³/mol. The van der Waals surface area contributed by atoms with Crippen LogP contribution in [0.2, 0.25) is 0 Å². The number of urea groups is 2. The normalized spacial score (nSPS) is 18.6. The van der Waals surface area contributed by atoms with E-state index < -0.39 is 59.4 Å².